The zero-order chi connectivity index (χ0) is 15.8. The summed E-state index contributed by atoms with van der Waals surface area (Å²) in [6.45, 7) is 2.24. The molecule has 0 aromatic heterocycles. The number of carbonyl (C=O) groups is 2. The monoisotopic (exact) mass is 292 g/mol. The molecule has 0 aromatic carbocycles. The van der Waals surface area contributed by atoms with Crippen LogP contribution in [0.5, 0.6) is 0 Å². The Morgan fingerprint density at radius 2 is 1.40 bits per heavy atom. The molecule has 0 aromatic rings. The van der Waals surface area contributed by atoms with E-state index in [1.807, 2.05) is 0 Å². The molecule has 0 bridgehead atoms. The molecule has 1 unspecified atom stereocenters. The van der Waals surface area contributed by atoms with Crippen LogP contribution in [0.15, 0.2) is 0 Å². The first-order valence-electron chi connectivity index (χ1n) is 7.16. The normalized spacial score (nSPS) is 11.3. The summed E-state index contributed by atoms with van der Waals surface area (Å²) in [7, 11) is 0. The third kappa shape index (κ3) is 22.1. The Labute approximate surface area is 120 Å². The van der Waals surface area contributed by atoms with E-state index in [1.165, 1.54) is 12.8 Å². The summed E-state index contributed by atoms with van der Waals surface area (Å²) < 4.78 is 0. The fraction of sp³-hybridized carbons (Fsp3) is 0.857. The van der Waals surface area contributed by atoms with Crippen LogP contribution < -0.4 is 0 Å². The highest BCUT2D eigenvalue weighted by atomic mass is 16.4. The molecular weight excluding hydrogens is 264 g/mol. The van der Waals surface area contributed by atoms with Gasteiger partial charge in [-0.15, -0.1) is 0 Å². The van der Waals surface area contributed by atoms with Gasteiger partial charge in [0.15, 0.2) is 0 Å². The van der Waals surface area contributed by atoms with Gasteiger partial charge in [0.1, 0.15) is 0 Å². The van der Waals surface area contributed by atoms with Gasteiger partial charge in [0, 0.05) is 19.4 Å². The smallest absolute Gasteiger partial charge is 0.303 e. The van der Waals surface area contributed by atoms with Crippen LogP contribution in [0.2, 0.25) is 0 Å². The number of aliphatic hydroxyl groups excluding tert-OH is 2. The van der Waals surface area contributed by atoms with Crippen molar-refractivity contribution in [1.29, 1.82) is 0 Å². The molecule has 0 radical (unpaired) electrons. The Morgan fingerprint density at radius 3 is 1.75 bits per heavy atom. The van der Waals surface area contributed by atoms with Crippen molar-refractivity contribution in [1.82, 2.24) is 0 Å². The van der Waals surface area contributed by atoms with E-state index in [0.29, 0.717) is 19.3 Å². The van der Waals surface area contributed by atoms with Crippen LogP contribution in [0, 0.1) is 0 Å². The molecule has 0 saturated carbocycles. The maximum atomic E-state index is 9.90. The first kappa shape index (κ1) is 21.2. The van der Waals surface area contributed by atoms with Crippen LogP contribution in [-0.4, -0.2) is 45.1 Å². The van der Waals surface area contributed by atoms with Gasteiger partial charge in [-0.05, 0) is 25.7 Å². The van der Waals surface area contributed by atoms with E-state index in [-0.39, 0.29) is 25.6 Å². The minimum Gasteiger partial charge on any atom is -0.481 e. The van der Waals surface area contributed by atoms with Crippen molar-refractivity contribution in [2.24, 2.45) is 0 Å². The molecule has 0 fully saturated rings. The van der Waals surface area contributed by atoms with Crippen LogP contribution in [-0.2, 0) is 9.59 Å². The molecule has 0 aliphatic carbocycles. The Hall–Kier alpha value is -1.14. The van der Waals surface area contributed by atoms with Gasteiger partial charge in [-0.3, -0.25) is 9.59 Å². The predicted octanol–water partition coefficient (Wildman–Crippen LogP) is 2.03. The SMILES string of the molecule is CCCCCC(O)CCO.O=C(O)CCCCC(=O)O. The summed E-state index contributed by atoms with van der Waals surface area (Å²) in [5, 5.41) is 33.8. The Morgan fingerprint density at radius 1 is 0.900 bits per heavy atom. The van der Waals surface area contributed by atoms with E-state index >= 15 is 0 Å². The topological polar surface area (TPSA) is 115 Å². The first-order valence-corrected chi connectivity index (χ1v) is 7.16. The van der Waals surface area contributed by atoms with Crippen molar-refractivity contribution in [3.05, 3.63) is 0 Å². The van der Waals surface area contributed by atoms with Gasteiger partial charge >= 0.3 is 11.9 Å². The summed E-state index contributed by atoms with van der Waals surface area (Å²) in [5.74, 6) is -1.74. The Kier molecular flexibility index (Phi) is 16.8. The zero-order valence-electron chi connectivity index (χ0n) is 12.3. The summed E-state index contributed by atoms with van der Waals surface area (Å²) in [6.07, 6.45) is 5.56. The molecule has 1 atom stereocenters. The molecule has 0 aliphatic heterocycles. The minimum atomic E-state index is -0.870. The van der Waals surface area contributed by atoms with E-state index in [4.69, 9.17) is 20.4 Å². The van der Waals surface area contributed by atoms with Crippen LogP contribution in [0.25, 0.3) is 0 Å². The lowest BCUT2D eigenvalue weighted by Crippen LogP contribution is -2.07. The van der Waals surface area contributed by atoms with Gasteiger partial charge in [0.2, 0.25) is 0 Å². The molecule has 20 heavy (non-hydrogen) atoms. The lowest BCUT2D eigenvalue weighted by Gasteiger charge is -2.06. The summed E-state index contributed by atoms with van der Waals surface area (Å²) in [6, 6.07) is 0. The minimum absolute atomic E-state index is 0.0628. The molecule has 0 amide bonds. The maximum absolute atomic E-state index is 9.90. The molecule has 4 N–H and O–H groups in total. The molecule has 6 nitrogen and oxygen atoms in total. The van der Waals surface area contributed by atoms with E-state index in [1.54, 1.807) is 0 Å². The molecule has 0 spiro atoms. The fourth-order valence-electron chi connectivity index (χ4n) is 1.48. The molecular formula is C14H28O6. The van der Waals surface area contributed by atoms with Crippen molar-refractivity contribution in [2.45, 2.75) is 70.8 Å². The van der Waals surface area contributed by atoms with Crippen LogP contribution in [0.1, 0.15) is 64.7 Å². The number of hydrogen-bond acceptors (Lipinski definition) is 4. The first-order chi connectivity index (χ1) is 9.43. The van der Waals surface area contributed by atoms with Crippen molar-refractivity contribution < 1.29 is 30.0 Å². The van der Waals surface area contributed by atoms with Crippen molar-refractivity contribution >= 4 is 11.9 Å². The fourth-order valence-corrected chi connectivity index (χ4v) is 1.48. The van der Waals surface area contributed by atoms with Crippen molar-refractivity contribution in [2.75, 3.05) is 6.61 Å². The Bertz CT molecular complexity index is 226. The number of carboxylic acids is 2. The van der Waals surface area contributed by atoms with Gasteiger partial charge in [-0.25, -0.2) is 0 Å². The average molecular weight is 292 g/mol. The molecule has 0 heterocycles. The average Bonchev–Trinajstić information content (AvgIpc) is 2.36. The second-order valence-corrected chi connectivity index (χ2v) is 4.66. The third-order valence-electron chi connectivity index (χ3n) is 2.63. The van der Waals surface area contributed by atoms with Crippen molar-refractivity contribution in [3.8, 4) is 0 Å². The number of rotatable bonds is 11. The van der Waals surface area contributed by atoms with Gasteiger partial charge in [-0.2, -0.15) is 0 Å². The van der Waals surface area contributed by atoms with Crippen LogP contribution in [0.3, 0.4) is 0 Å². The predicted molar refractivity (Wildman–Crippen MR) is 75.6 cm³/mol. The lowest BCUT2D eigenvalue weighted by molar-refractivity contribution is -0.139. The van der Waals surface area contributed by atoms with Crippen LogP contribution in [0.4, 0.5) is 0 Å². The van der Waals surface area contributed by atoms with Gasteiger partial charge in [0.05, 0.1) is 6.10 Å². The molecule has 120 valence electrons. The van der Waals surface area contributed by atoms with E-state index in [9.17, 15) is 9.59 Å². The number of aliphatic hydroxyl groups is 2. The third-order valence-corrected chi connectivity index (χ3v) is 2.63. The zero-order valence-corrected chi connectivity index (χ0v) is 12.3. The molecule has 0 saturated heterocycles. The van der Waals surface area contributed by atoms with E-state index < -0.39 is 11.9 Å². The summed E-state index contributed by atoms with van der Waals surface area (Å²) >= 11 is 0. The number of carboxylic acid groups (broad SMARTS) is 2. The second kappa shape index (κ2) is 15.9. The van der Waals surface area contributed by atoms with E-state index in [0.717, 1.165) is 12.8 Å². The number of hydrogen-bond donors (Lipinski definition) is 4. The highest BCUT2D eigenvalue weighted by molar-refractivity contribution is 5.67. The second-order valence-electron chi connectivity index (χ2n) is 4.66. The van der Waals surface area contributed by atoms with Gasteiger partial charge in [0.25, 0.3) is 0 Å². The van der Waals surface area contributed by atoms with E-state index in [2.05, 4.69) is 6.92 Å². The largest absolute Gasteiger partial charge is 0.481 e. The maximum Gasteiger partial charge on any atom is 0.303 e. The molecule has 6 heteroatoms. The van der Waals surface area contributed by atoms with Crippen molar-refractivity contribution in [3.63, 3.8) is 0 Å². The van der Waals surface area contributed by atoms with Gasteiger partial charge in [-0.1, -0.05) is 26.2 Å². The van der Waals surface area contributed by atoms with Gasteiger partial charge < -0.3 is 20.4 Å². The quantitative estimate of drug-likeness (QED) is 0.433. The summed E-state index contributed by atoms with van der Waals surface area (Å²) in [4.78, 5) is 19.8. The highest BCUT2D eigenvalue weighted by Gasteiger charge is 2.01. The lowest BCUT2D eigenvalue weighted by atomic mass is 10.1. The number of unbranched alkanes of at least 4 members (excludes halogenated alkanes) is 3. The summed E-state index contributed by atoms with van der Waals surface area (Å²) in [5.41, 5.74) is 0. The molecule has 0 rings (SSSR count). The molecule has 0 aliphatic rings. The Balaban J connectivity index is 0. The highest BCUT2D eigenvalue weighted by Crippen LogP contribution is 2.05. The van der Waals surface area contributed by atoms with Crippen LogP contribution >= 0.6 is 0 Å². The number of aliphatic carboxylic acids is 2. The standard InChI is InChI=1S/C8H18O2.C6H10O4/c1-2-3-4-5-8(10)6-7-9;7-5(8)3-1-2-4-6(9)10/h8-10H,2-7H2,1H3;1-4H2,(H,7,8)(H,9,10).